The van der Waals surface area contributed by atoms with Gasteiger partial charge in [0, 0.05) is 0 Å². The van der Waals surface area contributed by atoms with Crippen molar-refractivity contribution in [1.82, 2.24) is 15.2 Å². The Bertz CT molecular complexity index is 1060. The van der Waals surface area contributed by atoms with Crippen LogP contribution in [-0.2, 0) is 29.0 Å². The van der Waals surface area contributed by atoms with E-state index in [-0.39, 0.29) is 12.3 Å². The molecule has 4 rings (SSSR count). The molecule has 0 unspecified atom stereocenters. The van der Waals surface area contributed by atoms with Gasteiger partial charge in [-0.15, -0.1) is 11.3 Å². The number of carbonyl (C=O) groups excluding carboxylic acids is 1. The van der Waals surface area contributed by atoms with E-state index < -0.39 is 11.4 Å². The van der Waals surface area contributed by atoms with Gasteiger partial charge in [-0.3, -0.25) is 9.59 Å². The molecule has 164 valence electrons. The first-order valence-electron chi connectivity index (χ1n) is 10.2. The van der Waals surface area contributed by atoms with Crippen molar-refractivity contribution in [3.05, 3.63) is 64.2 Å². The zero-order chi connectivity index (χ0) is 22.6. The van der Waals surface area contributed by atoms with E-state index in [1.807, 2.05) is 69.4 Å². The number of thiazole rings is 1. The van der Waals surface area contributed by atoms with Crippen molar-refractivity contribution in [2.75, 3.05) is 21.1 Å². The fourth-order valence-corrected chi connectivity index (χ4v) is 4.85. The predicted octanol–water partition coefficient (Wildman–Crippen LogP) is 3.66. The molecule has 0 aliphatic heterocycles. The average molecular weight is 440 g/mol. The van der Waals surface area contributed by atoms with E-state index in [0.29, 0.717) is 19.4 Å². The third-order valence-electron chi connectivity index (χ3n) is 5.14. The van der Waals surface area contributed by atoms with Gasteiger partial charge in [-0.05, 0) is 69.7 Å². The van der Waals surface area contributed by atoms with Crippen LogP contribution >= 0.6 is 11.3 Å². The normalized spacial score (nSPS) is 14.1. The number of aliphatic carboxylic acids is 1. The first kappa shape index (κ1) is 22.9. The monoisotopic (exact) mass is 439 g/mol. The van der Waals surface area contributed by atoms with Gasteiger partial charge >= 0.3 is 5.97 Å². The summed E-state index contributed by atoms with van der Waals surface area (Å²) in [5.41, 5.74) is 3.28. The van der Waals surface area contributed by atoms with Crippen LogP contribution in [0.15, 0.2) is 42.5 Å². The van der Waals surface area contributed by atoms with E-state index in [4.69, 9.17) is 0 Å². The third-order valence-corrected chi connectivity index (χ3v) is 6.15. The Morgan fingerprint density at radius 2 is 1.74 bits per heavy atom. The third kappa shape index (κ3) is 5.68. The second-order valence-corrected chi connectivity index (χ2v) is 9.69. The Balaban J connectivity index is 0.000000628. The molecule has 1 aromatic heterocycles. The number of fused-ring (bicyclic) bond motifs is 2. The molecular formula is C24H29N3O3S. The lowest BCUT2D eigenvalue weighted by atomic mass is 9.80. The molecule has 0 fully saturated rings. The molecule has 0 saturated heterocycles. The first-order chi connectivity index (χ1) is 14.7. The van der Waals surface area contributed by atoms with Crippen LogP contribution in [-0.4, -0.2) is 48.0 Å². The summed E-state index contributed by atoms with van der Waals surface area (Å²) in [6.45, 7) is 2.35. The Morgan fingerprint density at radius 1 is 1.13 bits per heavy atom. The SMILES string of the molecule is CN(C)C.Cc1ccc2nc(CNC(=O)C3(CC(=O)O)Cc4ccccc4C3)sc2c1. The number of benzene rings is 2. The van der Waals surface area contributed by atoms with Crippen molar-refractivity contribution in [3.8, 4) is 0 Å². The molecule has 1 heterocycles. The summed E-state index contributed by atoms with van der Waals surface area (Å²) in [4.78, 5) is 31.0. The summed E-state index contributed by atoms with van der Waals surface area (Å²) in [5.74, 6) is -1.16. The van der Waals surface area contributed by atoms with Crippen LogP contribution in [0.4, 0.5) is 0 Å². The Hall–Kier alpha value is -2.77. The zero-order valence-corrected chi connectivity index (χ0v) is 19.3. The minimum absolute atomic E-state index is 0.174. The fourth-order valence-electron chi connectivity index (χ4n) is 3.85. The lowest BCUT2D eigenvalue weighted by Gasteiger charge is -2.25. The van der Waals surface area contributed by atoms with Crippen LogP contribution in [0.1, 0.15) is 28.1 Å². The molecular weight excluding hydrogens is 410 g/mol. The number of hydrogen-bond acceptors (Lipinski definition) is 5. The van der Waals surface area contributed by atoms with Crippen molar-refractivity contribution in [1.29, 1.82) is 0 Å². The van der Waals surface area contributed by atoms with Gasteiger partial charge in [0.2, 0.25) is 5.91 Å². The van der Waals surface area contributed by atoms with Gasteiger partial charge in [0.05, 0.1) is 28.6 Å². The highest BCUT2D eigenvalue weighted by Gasteiger charge is 2.45. The Labute approximate surface area is 186 Å². The molecule has 0 bridgehead atoms. The Morgan fingerprint density at radius 3 is 2.32 bits per heavy atom. The number of aryl methyl sites for hydroxylation is 1. The second-order valence-electron chi connectivity index (χ2n) is 8.58. The summed E-state index contributed by atoms with van der Waals surface area (Å²) in [7, 11) is 6.00. The zero-order valence-electron chi connectivity index (χ0n) is 18.4. The van der Waals surface area contributed by atoms with Gasteiger partial charge in [-0.2, -0.15) is 0 Å². The van der Waals surface area contributed by atoms with Gasteiger partial charge in [-0.1, -0.05) is 30.3 Å². The molecule has 0 saturated carbocycles. The largest absolute Gasteiger partial charge is 0.481 e. The molecule has 1 aliphatic rings. The van der Waals surface area contributed by atoms with Crippen LogP contribution in [0, 0.1) is 12.3 Å². The van der Waals surface area contributed by atoms with Crippen molar-refractivity contribution in [2.24, 2.45) is 5.41 Å². The second kappa shape index (κ2) is 9.58. The summed E-state index contributed by atoms with van der Waals surface area (Å²) in [5, 5.41) is 13.2. The van der Waals surface area contributed by atoms with E-state index in [9.17, 15) is 14.7 Å². The van der Waals surface area contributed by atoms with Crippen LogP contribution < -0.4 is 5.32 Å². The Kier molecular flexibility index (Phi) is 7.08. The molecule has 3 aromatic rings. The standard InChI is InChI=1S/C21H20N2O3S.C3H9N/c1-13-6-7-16-17(8-13)27-18(23-16)12-22-20(26)21(11-19(24)25)9-14-4-2-3-5-15(14)10-21;1-4(2)3/h2-8H,9-12H2,1H3,(H,22,26)(H,24,25);1-3H3. The highest BCUT2D eigenvalue weighted by atomic mass is 32.1. The number of amides is 1. The maximum atomic E-state index is 13.0. The number of nitrogens with zero attached hydrogens (tertiary/aromatic N) is 2. The molecule has 7 heteroatoms. The van der Waals surface area contributed by atoms with E-state index >= 15 is 0 Å². The molecule has 2 N–H and O–H groups in total. The van der Waals surface area contributed by atoms with Gasteiger partial charge in [0.25, 0.3) is 0 Å². The summed E-state index contributed by atoms with van der Waals surface area (Å²) >= 11 is 1.55. The number of aromatic nitrogens is 1. The van der Waals surface area contributed by atoms with Gasteiger partial charge in [0.1, 0.15) is 5.01 Å². The molecule has 31 heavy (non-hydrogen) atoms. The minimum atomic E-state index is -0.951. The van der Waals surface area contributed by atoms with Crippen molar-refractivity contribution >= 4 is 33.4 Å². The van der Waals surface area contributed by atoms with E-state index in [1.165, 1.54) is 5.56 Å². The number of carboxylic acid groups (broad SMARTS) is 1. The predicted molar refractivity (Wildman–Crippen MR) is 124 cm³/mol. The van der Waals surface area contributed by atoms with Crippen LogP contribution in [0.2, 0.25) is 0 Å². The molecule has 0 spiro atoms. The van der Waals surface area contributed by atoms with Crippen molar-refractivity contribution in [3.63, 3.8) is 0 Å². The number of hydrogen-bond donors (Lipinski definition) is 2. The molecule has 1 amide bonds. The number of nitrogens with one attached hydrogen (secondary N) is 1. The van der Waals surface area contributed by atoms with Crippen LogP contribution in [0.3, 0.4) is 0 Å². The number of carboxylic acids is 1. The summed E-state index contributed by atoms with van der Waals surface area (Å²) < 4.78 is 1.09. The van der Waals surface area contributed by atoms with E-state index in [0.717, 1.165) is 26.4 Å². The molecule has 0 atom stereocenters. The fraction of sp³-hybridized carbons (Fsp3) is 0.375. The topological polar surface area (TPSA) is 82.5 Å². The van der Waals surface area contributed by atoms with Crippen molar-refractivity contribution in [2.45, 2.75) is 32.7 Å². The first-order valence-corrected chi connectivity index (χ1v) is 11.0. The summed E-state index contributed by atoms with van der Waals surface area (Å²) in [6.07, 6.45) is 0.743. The highest BCUT2D eigenvalue weighted by Crippen LogP contribution is 2.40. The van der Waals surface area contributed by atoms with Gasteiger partial charge < -0.3 is 15.3 Å². The average Bonchev–Trinajstić information content (AvgIpc) is 3.25. The van der Waals surface area contributed by atoms with E-state index in [1.54, 1.807) is 11.3 Å². The highest BCUT2D eigenvalue weighted by molar-refractivity contribution is 7.18. The number of carbonyl (C=O) groups is 2. The molecule has 1 aliphatic carbocycles. The van der Waals surface area contributed by atoms with Crippen molar-refractivity contribution < 1.29 is 14.7 Å². The molecule has 2 aromatic carbocycles. The maximum Gasteiger partial charge on any atom is 0.304 e. The lowest BCUT2D eigenvalue weighted by molar-refractivity contribution is -0.145. The lowest BCUT2D eigenvalue weighted by Crippen LogP contribution is -2.43. The van der Waals surface area contributed by atoms with Crippen LogP contribution in [0.25, 0.3) is 10.2 Å². The minimum Gasteiger partial charge on any atom is -0.481 e. The molecule has 0 radical (unpaired) electrons. The van der Waals surface area contributed by atoms with Gasteiger partial charge in [0.15, 0.2) is 0 Å². The molecule has 6 nitrogen and oxygen atoms in total. The maximum absolute atomic E-state index is 13.0. The van der Waals surface area contributed by atoms with Crippen LogP contribution in [0.5, 0.6) is 0 Å². The smallest absolute Gasteiger partial charge is 0.304 e. The van der Waals surface area contributed by atoms with E-state index in [2.05, 4.69) is 16.4 Å². The number of rotatable bonds is 5. The van der Waals surface area contributed by atoms with Gasteiger partial charge in [-0.25, -0.2) is 4.98 Å². The summed E-state index contributed by atoms with van der Waals surface area (Å²) in [6, 6.07) is 13.9. The quantitative estimate of drug-likeness (QED) is 0.634.